The maximum Gasteiger partial charge on any atom is 0.315 e. The lowest BCUT2D eigenvalue weighted by atomic mass is 9.91. The second-order valence-corrected chi connectivity index (χ2v) is 10.2. The number of amides is 2. The number of carbonyl (C=O) groups is 1. The van der Waals surface area contributed by atoms with Crippen LogP contribution in [0.5, 0.6) is 0 Å². The lowest BCUT2D eigenvalue weighted by Gasteiger charge is -2.36. The number of aliphatic hydroxyl groups is 1. The molecule has 35 heavy (non-hydrogen) atoms. The van der Waals surface area contributed by atoms with E-state index in [1.54, 1.807) is 6.20 Å². The fourth-order valence-electron chi connectivity index (χ4n) is 5.55. The fourth-order valence-corrected chi connectivity index (χ4v) is 5.55. The Morgan fingerprint density at radius 1 is 1.03 bits per heavy atom. The van der Waals surface area contributed by atoms with Gasteiger partial charge in [-0.15, -0.1) is 0 Å². The molecule has 0 atom stereocenters. The van der Waals surface area contributed by atoms with Crippen LogP contribution >= 0.6 is 0 Å². The molecule has 0 spiro atoms. The first-order valence-corrected chi connectivity index (χ1v) is 13.1. The molecule has 0 radical (unpaired) electrons. The highest BCUT2D eigenvalue weighted by atomic mass is 16.3. The van der Waals surface area contributed by atoms with Crippen LogP contribution in [0.3, 0.4) is 0 Å². The van der Waals surface area contributed by atoms with Crippen molar-refractivity contribution in [3.8, 4) is 0 Å². The van der Waals surface area contributed by atoms with Crippen LogP contribution in [0.4, 0.5) is 22.4 Å². The zero-order chi connectivity index (χ0) is 24.0. The molecule has 11 heteroatoms. The van der Waals surface area contributed by atoms with Crippen molar-refractivity contribution in [2.75, 3.05) is 36.9 Å². The average Bonchev–Trinajstić information content (AvgIpc) is 3.52. The standard InChI is InChI=1S/C24H37N9O2/c34-12-11-33-14-19(15-33)28-24(35)27-18-7-5-17(6-8-18)26-23-25-10-9-21(30-23)29-22-13-20(31-32-22)16-3-1-2-4-16/h9-10,13,16-19,34H,1-8,11-12,14-15H2,(H2,27,28,35)(H3,25,26,29,30,31,32)/p+1. The van der Waals surface area contributed by atoms with E-state index in [0.717, 1.165) is 57.0 Å². The van der Waals surface area contributed by atoms with Gasteiger partial charge in [-0.05, 0) is 44.6 Å². The second kappa shape index (κ2) is 11.2. The van der Waals surface area contributed by atoms with Crippen molar-refractivity contribution in [3.63, 3.8) is 0 Å². The van der Waals surface area contributed by atoms with Gasteiger partial charge < -0.3 is 31.3 Å². The number of hydrogen-bond acceptors (Lipinski definition) is 7. The third-order valence-corrected chi connectivity index (χ3v) is 7.57. The topological polar surface area (TPSA) is 144 Å². The van der Waals surface area contributed by atoms with Crippen LogP contribution < -0.4 is 26.2 Å². The summed E-state index contributed by atoms with van der Waals surface area (Å²) in [6.45, 7) is 2.73. The summed E-state index contributed by atoms with van der Waals surface area (Å²) < 4.78 is 0. The van der Waals surface area contributed by atoms with E-state index < -0.39 is 0 Å². The van der Waals surface area contributed by atoms with E-state index in [-0.39, 0.29) is 30.8 Å². The van der Waals surface area contributed by atoms with Crippen molar-refractivity contribution in [1.82, 2.24) is 30.8 Å². The molecule has 11 nitrogen and oxygen atoms in total. The Kier molecular flexibility index (Phi) is 7.63. The lowest BCUT2D eigenvalue weighted by Crippen LogP contribution is -3.22. The molecule has 3 aliphatic rings. The van der Waals surface area contributed by atoms with E-state index in [1.807, 2.05) is 6.07 Å². The monoisotopic (exact) mass is 484 g/mol. The maximum absolute atomic E-state index is 12.3. The minimum Gasteiger partial charge on any atom is -0.391 e. The largest absolute Gasteiger partial charge is 0.391 e. The Bertz CT molecular complexity index is 963. The molecule has 3 heterocycles. The van der Waals surface area contributed by atoms with Crippen molar-refractivity contribution in [2.45, 2.75) is 75.4 Å². The minimum absolute atomic E-state index is 0.0778. The van der Waals surface area contributed by atoms with Crippen LogP contribution in [0, 0.1) is 0 Å². The summed E-state index contributed by atoms with van der Waals surface area (Å²) in [4.78, 5) is 22.6. The van der Waals surface area contributed by atoms with Crippen LogP contribution in [-0.2, 0) is 0 Å². The summed E-state index contributed by atoms with van der Waals surface area (Å²) in [6, 6.07) is 4.55. The Morgan fingerprint density at radius 2 is 1.77 bits per heavy atom. The molecule has 0 aromatic carbocycles. The minimum atomic E-state index is -0.0778. The van der Waals surface area contributed by atoms with Gasteiger partial charge in [-0.3, -0.25) is 5.10 Å². The first kappa shape index (κ1) is 23.8. The number of nitrogens with zero attached hydrogens (tertiary/aromatic N) is 3. The molecule has 5 rings (SSSR count). The van der Waals surface area contributed by atoms with Crippen molar-refractivity contribution in [3.05, 3.63) is 24.0 Å². The van der Waals surface area contributed by atoms with Crippen LogP contribution in [0.15, 0.2) is 18.3 Å². The Morgan fingerprint density at radius 3 is 2.54 bits per heavy atom. The molecular formula is C24H38N9O2+. The van der Waals surface area contributed by atoms with Crippen molar-refractivity contribution < 1.29 is 14.8 Å². The Labute approximate surface area is 205 Å². The molecule has 2 saturated carbocycles. The second-order valence-electron chi connectivity index (χ2n) is 10.2. The van der Waals surface area contributed by atoms with Crippen LogP contribution in [-0.4, -0.2) is 75.7 Å². The van der Waals surface area contributed by atoms with Gasteiger partial charge in [0.2, 0.25) is 5.95 Å². The summed E-state index contributed by atoms with van der Waals surface area (Å²) in [5.74, 6) is 2.70. The first-order valence-electron chi connectivity index (χ1n) is 13.1. The number of anilines is 3. The molecule has 2 aromatic heterocycles. The van der Waals surface area contributed by atoms with Gasteiger partial charge in [0.05, 0.1) is 6.61 Å². The van der Waals surface area contributed by atoms with Crippen molar-refractivity contribution >= 4 is 23.6 Å². The number of aromatic amines is 1. The third-order valence-electron chi connectivity index (χ3n) is 7.57. The molecule has 2 amide bonds. The zero-order valence-corrected chi connectivity index (χ0v) is 20.2. The van der Waals surface area contributed by atoms with E-state index in [9.17, 15) is 4.79 Å². The maximum atomic E-state index is 12.3. The lowest BCUT2D eigenvalue weighted by molar-refractivity contribution is -0.942. The molecule has 0 bridgehead atoms. The molecular weight excluding hydrogens is 446 g/mol. The number of hydrogen-bond donors (Lipinski definition) is 7. The van der Waals surface area contributed by atoms with E-state index in [2.05, 4.69) is 47.5 Å². The van der Waals surface area contributed by atoms with Gasteiger partial charge in [0, 0.05) is 36.0 Å². The molecule has 7 N–H and O–H groups in total. The van der Waals surface area contributed by atoms with Gasteiger partial charge in [-0.25, -0.2) is 9.78 Å². The van der Waals surface area contributed by atoms with Gasteiger partial charge in [0.1, 0.15) is 31.5 Å². The molecule has 190 valence electrons. The van der Waals surface area contributed by atoms with Gasteiger partial charge in [-0.2, -0.15) is 10.1 Å². The number of aromatic nitrogens is 4. The van der Waals surface area contributed by atoms with Crippen LogP contribution in [0.1, 0.15) is 63.0 Å². The molecule has 2 aliphatic carbocycles. The van der Waals surface area contributed by atoms with Gasteiger partial charge in [0.15, 0.2) is 5.82 Å². The van der Waals surface area contributed by atoms with Crippen molar-refractivity contribution in [2.24, 2.45) is 0 Å². The number of carbonyl (C=O) groups excluding carboxylic acids is 1. The molecule has 0 unspecified atom stereocenters. The highest BCUT2D eigenvalue weighted by Gasteiger charge is 2.32. The van der Waals surface area contributed by atoms with E-state index >= 15 is 0 Å². The summed E-state index contributed by atoms with van der Waals surface area (Å²) in [5.41, 5.74) is 1.20. The quantitative estimate of drug-likeness (QED) is 0.280. The highest BCUT2D eigenvalue weighted by Crippen LogP contribution is 2.34. The van der Waals surface area contributed by atoms with Gasteiger partial charge in [0.25, 0.3) is 0 Å². The Hall–Kier alpha value is -2.92. The predicted molar refractivity (Wildman–Crippen MR) is 133 cm³/mol. The van der Waals surface area contributed by atoms with E-state index in [4.69, 9.17) is 5.11 Å². The van der Waals surface area contributed by atoms with Crippen molar-refractivity contribution in [1.29, 1.82) is 0 Å². The number of likely N-dealkylation sites (tertiary alicyclic amines) is 1. The summed E-state index contributed by atoms with van der Waals surface area (Å²) in [7, 11) is 0. The molecule has 2 aromatic rings. The number of quaternary nitrogens is 1. The number of urea groups is 1. The molecule has 1 saturated heterocycles. The molecule has 1 aliphatic heterocycles. The predicted octanol–water partition coefficient (Wildman–Crippen LogP) is 0.883. The normalized spacial score (nSPS) is 26.7. The molecule has 3 fully saturated rings. The highest BCUT2D eigenvalue weighted by molar-refractivity contribution is 5.74. The Balaban J connectivity index is 1.04. The average molecular weight is 485 g/mol. The zero-order valence-electron chi connectivity index (χ0n) is 20.2. The first-order chi connectivity index (χ1) is 17.1. The summed E-state index contributed by atoms with van der Waals surface area (Å²) in [5, 5.41) is 29.5. The van der Waals surface area contributed by atoms with Gasteiger partial charge >= 0.3 is 6.03 Å². The van der Waals surface area contributed by atoms with E-state index in [1.165, 1.54) is 36.3 Å². The number of H-pyrrole nitrogens is 1. The number of rotatable bonds is 9. The van der Waals surface area contributed by atoms with Crippen LogP contribution in [0.25, 0.3) is 0 Å². The number of aliphatic hydroxyl groups excluding tert-OH is 1. The SMILES string of the molecule is O=C(NC1CCC(Nc2nccc(Nc3cc(C4CCCC4)[nH]n3)n2)CC1)NC1C[NH+](CCO)C1. The van der Waals surface area contributed by atoms with E-state index in [0.29, 0.717) is 11.9 Å². The third kappa shape index (κ3) is 6.40. The number of nitrogens with one attached hydrogen (secondary N) is 6. The summed E-state index contributed by atoms with van der Waals surface area (Å²) in [6.07, 6.45) is 10.6. The smallest absolute Gasteiger partial charge is 0.315 e. The van der Waals surface area contributed by atoms with Crippen LogP contribution in [0.2, 0.25) is 0 Å². The summed E-state index contributed by atoms with van der Waals surface area (Å²) >= 11 is 0. The van der Waals surface area contributed by atoms with Gasteiger partial charge in [-0.1, -0.05) is 12.8 Å². The fraction of sp³-hybridized carbons (Fsp3) is 0.667.